The Labute approximate surface area is 99.0 Å². The second-order valence-electron chi connectivity index (χ2n) is 5.59. The minimum absolute atomic E-state index is 0.178. The second kappa shape index (κ2) is 5.33. The summed E-state index contributed by atoms with van der Waals surface area (Å²) in [5, 5.41) is 0. The van der Waals surface area contributed by atoms with Crippen molar-refractivity contribution in [3.63, 3.8) is 0 Å². The Kier molecular flexibility index (Phi) is 4.34. The Bertz CT molecular complexity index is 311. The molecular weight excluding hydrogens is 198 g/mol. The van der Waals surface area contributed by atoms with Crippen LogP contribution in [0.4, 0.5) is 0 Å². The van der Waals surface area contributed by atoms with Gasteiger partial charge in [-0.15, -0.1) is 0 Å². The first-order chi connectivity index (χ1) is 7.42. The van der Waals surface area contributed by atoms with Crippen molar-refractivity contribution in [3.05, 3.63) is 23.9 Å². The van der Waals surface area contributed by atoms with Crippen molar-refractivity contribution in [1.82, 2.24) is 4.98 Å². The van der Waals surface area contributed by atoms with Crippen molar-refractivity contribution in [1.29, 1.82) is 0 Å². The van der Waals surface area contributed by atoms with Gasteiger partial charge in [0.15, 0.2) is 0 Å². The van der Waals surface area contributed by atoms with Crippen LogP contribution in [0.2, 0.25) is 0 Å². The number of pyridine rings is 1. The normalized spacial score (nSPS) is 13.6. The summed E-state index contributed by atoms with van der Waals surface area (Å²) in [5.41, 5.74) is 1.46. The van der Waals surface area contributed by atoms with E-state index in [1.54, 1.807) is 0 Å². The molecule has 0 saturated carbocycles. The summed E-state index contributed by atoms with van der Waals surface area (Å²) < 4.78 is 5.63. The Morgan fingerprint density at radius 3 is 2.44 bits per heavy atom. The molecule has 0 aromatic carbocycles. The average Bonchev–Trinajstić information content (AvgIpc) is 2.25. The van der Waals surface area contributed by atoms with E-state index in [9.17, 15) is 0 Å². The molecule has 0 amide bonds. The fourth-order valence-corrected chi connectivity index (χ4v) is 1.29. The molecule has 0 saturated heterocycles. The van der Waals surface area contributed by atoms with Crippen LogP contribution in [0.1, 0.15) is 52.5 Å². The predicted octanol–water partition coefficient (Wildman–Crippen LogP) is 4.02. The molecule has 1 unspecified atom stereocenters. The van der Waals surface area contributed by atoms with E-state index in [1.807, 2.05) is 12.3 Å². The molecule has 0 N–H and O–H groups in total. The molecule has 1 aromatic heterocycles. The minimum atomic E-state index is 0.178. The van der Waals surface area contributed by atoms with Gasteiger partial charge in [-0.1, -0.05) is 40.7 Å². The monoisotopic (exact) mass is 221 g/mol. The number of aromatic nitrogens is 1. The van der Waals surface area contributed by atoms with Gasteiger partial charge in [0.1, 0.15) is 0 Å². The molecule has 2 nitrogen and oxygen atoms in total. The van der Waals surface area contributed by atoms with Crippen LogP contribution >= 0.6 is 0 Å². The number of rotatable bonds is 4. The molecule has 16 heavy (non-hydrogen) atoms. The largest absolute Gasteiger partial charge is 0.477 e. The topological polar surface area (TPSA) is 22.1 Å². The fraction of sp³-hybridized carbons (Fsp3) is 0.643. The number of ether oxygens (including phenoxy) is 1. The van der Waals surface area contributed by atoms with Crippen LogP contribution in [-0.2, 0) is 0 Å². The lowest BCUT2D eigenvalue weighted by Crippen LogP contribution is -2.17. The van der Waals surface area contributed by atoms with E-state index in [4.69, 9.17) is 4.74 Å². The summed E-state index contributed by atoms with van der Waals surface area (Å²) >= 11 is 0. The number of hydrogen-bond acceptors (Lipinski definition) is 2. The van der Waals surface area contributed by atoms with Crippen LogP contribution in [0.15, 0.2) is 18.3 Å². The first-order valence-electron chi connectivity index (χ1n) is 6.01. The lowest BCUT2D eigenvalue weighted by atomic mass is 9.99. The van der Waals surface area contributed by atoms with Crippen molar-refractivity contribution in [2.75, 3.05) is 6.61 Å². The third kappa shape index (κ3) is 4.21. The van der Waals surface area contributed by atoms with E-state index in [0.29, 0.717) is 12.5 Å². The van der Waals surface area contributed by atoms with Crippen LogP contribution < -0.4 is 4.74 Å². The Hall–Kier alpha value is -1.05. The van der Waals surface area contributed by atoms with Gasteiger partial charge in [-0.2, -0.15) is 0 Å². The summed E-state index contributed by atoms with van der Waals surface area (Å²) in [6.45, 7) is 11.6. The quantitative estimate of drug-likeness (QED) is 0.766. The molecule has 0 spiro atoms. The highest BCUT2D eigenvalue weighted by atomic mass is 16.5. The SMILES string of the molecule is CCC(C)c1ccc(OCC(C)(C)C)nc1. The smallest absolute Gasteiger partial charge is 0.213 e. The highest BCUT2D eigenvalue weighted by Crippen LogP contribution is 2.20. The maximum atomic E-state index is 5.63. The highest BCUT2D eigenvalue weighted by Gasteiger charge is 2.11. The van der Waals surface area contributed by atoms with Crippen LogP contribution in [0.5, 0.6) is 5.88 Å². The number of hydrogen-bond donors (Lipinski definition) is 0. The summed E-state index contributed by atoms with van der Waals surface area (Å²) in [6.07, 6.45) is 3.07. The van der Waals surface area contributed by atoms with Gasteiger partial charge in [0.2, 0.25) is 5.88 Å². The molecule has 0 aliphatic heterocycles. The minimum Gasteiger partial charge on any atom is -0.477 e. The van der Waals surface area contributed by atoms with E-state index in [1.165, 1.54) is 5.56 Å². The van der Waals surface area contributed by atoms with E-state index in [0.717, 1.165) is 12.3 Å². The number of nitrogens with zero attached hydrogens (tertiary/aromatic N) is 1. The van der Waals surface area contributed by atoms with E-state index in [-0.39, 0.29) is 5.41 Å². The van der Waals surface area contributed by atoms with Gasteiger partial charge in [0.05, 0.1) is 6.61 Å². The molecule has 0 aliphatic carbocycles. The van der Waals surface area contributed by atoms with Crippen molar-refractivity contribution in [2.24, 2.45) is 5.41 Å². The van der Waals surface area contributed by atoms with Gasteiger partial charge in [-0.3, -0.25) is 0 Å². The van der Waals surface area contributed by atoms with Crippen molar-refractivity contribution in [3.8, 4) is 5.88 Å². The molecule has 0 fully saturated rings. The van der Waals surface area contributed by atoms with Crippen molar-refractivity contribution < 1.29 is 4.74 Å². The van der Waals surface area contributed by atoms with Gasteiger partial charge in [-0.05, 0) is 23.3 Å². The molecule has 0 radical (unpaired) electrons. The van der Waals surface area contributed by atoms with Gasteiger partial charge in [0.25, 0.3) is 0 Å². The molecule has 1 atom stereocenters. The van der Waals surface area contributed by atoms with Crippen molar-refractivity contribution in [2.45, 2.75) is 47.0 Å². The highest BCUT2D eigenvalue weighted by molar-refractivity contribution is 5.20. The lowest BCUT2D eigenvalue weighted by molar-refractivity contribution is 0.191. The second-order valence-corrected chi connectivity index (χ2v) is 5.59. The van der Waals surface area contributed by atoms with Gasteiger partial charge in [-0.25, -0.2) is 4.98 Å². The fourth-order valence-electron chi connectivity index (χ4n) is 1.29. The van der Waals surface area contributed by atoms with Crippen LogP contribution in [0.25, 0.3) is 0 Å². The Morgan fingerprint density at radius 1 is 1.31 bits per heavy atom. The molecule has 0 bridgehead atoms. The summed E-state index contributed by atoms with van der Waals surface area (Å²) in [5.74, 6) is 1.30. The van der Waals surface area contributed by atoms with Crippen LogP contribution in [0.3, 0.4) is 0 Å². The zero-order valence-corrected chi connectivity index (χ0v) is 11.1. The molecule has 1 aromatic rings. The zero-order chi connectivity index (χ0) is 12.2. The molecule has 2 heteroatoms. The maximum Gasteiger partial charge on any atom is 0.213 e. The molecular formula is C14H23NO. The third-order valence-electron chi connectivity index (χ3n) is 2.59. The van der Waals surface area contributed by atoms with E-state index in [2.05, 4.69) is 45.7 Å². The summed E-state index contributed by atoms with van der Waals surface area (Å²) in [4.78, 5) is 4.33. The first-order valence-corrected chi connectivity index (χ1v) is 6.01. The Morgan fingerprint density at radius 2 is 2.00 bits per heavy atom. The lowest BCUT2D eigenvalue weighted by Gasteiger charge is -2.18. The molecule has 1 rings (SSSR count). The van der Waals surface area contributed by atoms with Crippen LogP contribution in [0, 0.1) is 5.41 Å². The zero-order valence-electron chi connectivity index (χ0n) is 11.1. The summed E-state index contributed by atoms with van der Waals surface area (Å²) in [6, 6.07) is 4.08. The first kappa shape index (κ1) is 13.0. The Balaban J connectivity index is 2.58. The standard InChI is InChI=1S/C14H23NO/c1-6-11(2)12-7-8-13(15-9-12)16-10-14(3,4)5/h7-9,11H,6,10H2,1-5H3. The molecule has 90 valence electrons. The van der Waals surface area contributed by atoms with E-state index < -0.39 is 0 Å². The van der Waals surface area contributed by atoms with Crippen molar-refractivity contribution >= 4 is 0 Å². The maximum absolute atomic E-state index is 5.63. The molecule has 0 aliphatic rings. The summed E-state index contributed by atoms with van der Waals surface area (Å²) in [7, 11) is 0. The van der Waals surface area contributed by atoms with Gasteiger partial charge < -0.3 is 4.74 Å². The third-order valence-corrected chi connectivity index (χ3v) is 2.59. The molecule has 1 heterocycles. The van der Waals surface area contributed by atoms with Gasteiger partial charge in [0, 0.05) is 12.3 Å². The van der Waals surface area contributed by atoms with Crippen LogP contribution in [-0.4, -0.2) is 11.6 Å². The van der Waals surface area contributed by atoms with E-state index >= 15 is 0 Å². The predicted molar refractivity (Wildman–Crippen MR) is 67.9 cm³/mol. The average molecular weight is 221 g/mol. The van der Waals surface area contributed by atoms with Gasteiger partial charge >= 0.3 is 0 Å².